The average molecular weight is 361 g/mol. The molecular formula is C24H40O2. The summed E-state index contributed by atoms with van der Waals surface area (Å²) in [6.07, 6.45) is 18.2. The fraction of sp³-hybridized carbons (Fsp3) is 0.958. The highest BCUT2D eigenvalue weighted by Gasteiger charge is 2.59. The summed E-state index contributed by atoms with van der Waals surface area (Å²) in [5.74, 6) is 5.58. The van der Waals surface area contributed by atoms with Crippen LogP contribution in [0.5, 0.6) is 0 Å². The number of hydrogen-bond acceptors (Lipinski definition) is 1. The second-order valence-corrected chi connectivity index (χ2v) is 10.9. The zero-order valence-corrected chi connectivity index (χ0v) is 17.3. The van der Waals surface area contributed by atoms with E-state index in [9.17, 15) is 5.26 Å². The van der Waals surface area contributed by atoms with Gasteiger partial charge >= 0.3 is 6.29 Å². The highest BCUT2D eigenvalue weighted by Crippen LogP contribution is 2.68. The summed E-state index contributed by atoms with van der Waals surface area (Å²) in [4.78, 5) is 0. The van der Waals surface area contributed by atoms with E-state index in [0.29, 0.717) is 10.8 Å². The molecule has 4 rings (SSSR count). The molecule has 4 aliphatic carbocycles. The van der Waals surface area contributed by atoms with Gasteiger partial charge in [-0.15, -0.1) is 0 Å². The number of rotatable bonds is 4. The first kappa shape index (κ1) is 18.8. The van der Waals surface area contributed by atoms with Gasteiger partial charge in [-0.2, -0.15) is 4.58 Å². The Morgan fingerprint density at radius 1 is 0.962 bits per heavy atom. The van der Waals surface area contributed by atoms with Gasteiger partial charge in [-0.05, 0) is 104 Å². The van der Waals surface area contributed by atoms with Gasteiger partial charge in [0.1, 0.15) is 0 Å². The Bertz CT molecular complexity index is 528. The van der Waals surface area contributed by atoms with Gasteiger partial charge in [0, 0.05) is 0 Å². The first-order valence-electron chi connectivity index (χ1n) is 11.6. The maximum atomic E-state index is 10.3. The summed E-state index contributed by atoms with van der Waals surface area (Å²) in [6.45, 7) is 7.76. The summed E-state index contributed by atoms with van der Waals surface area (Å²) < 4.78 is 3.94. The van der Waals surface area contributed by atoms with Crippen LogP contribution in [0.25, 0.3) is 0 Å². The molecular weight excluding hydrogens is 320 g/mol. The van der Waals surface area contributed by atoms with Crippen molar-refractivity contribution in [3.63, 3.8) is 0 Å². The van der Waals surface area contributed by atoms with Crippen LogP contribution in [-0.2, 0) is 4.58 Å². The van der Waals surface area contributed by atoms with E-state index in [1.165, 1.54) is 70.5 Å². The molecule has 4 aliphatic rings. The lowest BCUT2D eigenvalue weighted by atomic mass is 9.44. The van der Waals surface area contributed by atoms with Crippen molar-refractivity contribution < 1.29 is 9.83 Å². The van der Waals surface area contributed by atoms with Gasteiger partial charge < -0.3 is 5.26 Å². The van der Waals surface area contributed by atoms with Gasteiger partial charge in [0.05, 0.1) is 6.42 Å². The monoisotopic (exact) mass is 360 g/mol. The van der Waals surface area contributed by atoms with Crippen LogP contribution >= 0.6 is 0 Å². The lowest BCUT2D eigenvalue weighted by molar-refractivity contribution is -1.04. The number of fused-ring (bicyclic) bond motifs is 5. The number of aldehydes is 1. The van der Waals surface area contributed by atoms with Crippen LogP contribution in [0.1, 0.15) is 97.8 Å². The second kappa shape index (κ2) is 7.13. The van der Waals surface area contributed by atoms with Gasteiger partial charge in [-0.3, -0.25) is 0 Å². The highest BCUT2D eigenvalue weighted by atomic mass is 17.1. The molecule has 0 amide bonds. The molecule has 8 atom stereocenters. The molecule has 26 heavy (non-hydrogen) atoms. The SMILES string of the molecule is C[C@H](CCC=[O+][O-])[C@H]1CC[C@H]2[C@@H]3CCC4CCCC[C@]4(C)[C@H]3CC[C@]12C. The predicted molar refractivity (Wildman–Crippen MR) is 104 cm³/mol. The molecule has 0 bridgehead atoms. The van der Waals surface area contributed by atoms with Gasteiger partial charge in [0.25, 0.3) is 0 Å². The van der Waals surface area contributed by atoms with Crippen molar-refractivity contribution in [1.29, 1.82) is 0 Å². The van der Waals surface area contributed by atoms with Crippen LogP contribution in [0.3, 0.4) is 0 Å². The van der Waals surface area contributed by atoms with E-state index in [-0.39, 0.29) is 0 Å². The van der Waals surface area contributed by atoms with Crippen molar-refractivity contribution in [1.82, 2.24) is 0 Å². The van der Waals surface area contributed by atoms with Crippen LogP contribution < -0.4 is 5.26 Å². The molecule has 0 aliphatic heterocycles. The summed E-state index contributed by atoms with van der Waals surface area (Å²) in [5.41, 5.74) is 1.21. The summed E-state index contributed by atoms with van der Waals surface area (Å²) in [5, 5.41) is 10.3. The van der Waals surface area contributed by atoms with Crippen molar-refractivity contribution >= 4 is 6.29 Å². The standard InChI is InChI=1S/C24H40O2/c1-17(7-6-16-26-25)20-11-12-21-19-10-9-18-8-4-5-14-23(18,2)22(19)13-15-24(20,21)3/h16-22H,4-15H2,1-3H3/t17-,18?,19+,20-,21+,22+,23+,24-/m1/s1. The third-order valence-corrected chi connectivity index (χ3v) is 10.2. The Morgan fingerprint density at radius 2 is 1.77 bits per heavy atom. The number of hydrogen-bond donors (Lipinski definition) is 0. The smallest absolute Gasteiger partial charge is 0.318 e. The lowest BCUT2D eigenvalue weighted by Gasteiger charge is -2.61. The van der Waals surface area contributed by atoms with Crippen LogP contribution in [0.2, 0.25) is 0 Å². The lowest BCUT2D eigenvalue weighted by Crippen LogP contribution is -2.53. The molecule has 0 aromatic heterocycles. The van der Waals surface area contributed by atoms with Crippen molar-refractivity contribution in [3.8, 4) is 0 Å². The summed E-state index contributed by atoms with van der Waals surface area (Å²) >= 11 is 0. The Hall–Kier alpha value is -0.530. The number of carbonyl (C=O) groups excluding carboxylic acids is 1. The summed E-state index contributed by atoms with van der Waals surface area (Å²) in [7, 11) is 0. The third-order valence-electron chi connectivity index (χ3n) is 10.2. The Kier molecular flexibility index (Phi) is 5.16. The maximum absolute atomic E-state index is 10.3. The zero-order chi connectivity index (χ0) is 18.4. The molecule has 0 saturated heterocycles. The Balaban J connectivity index is 1.51. The van der Waals surface area contributed by atoms with Gasteiger partial charge in [0.15, 0.2) is 0 Å². The first-order chi connectivity index (χ1) is 12.5. The second-order valence-electron chi connectivity index (χ2n) is 10.9. The Labute approximate surface area is 160 Å². The van der Waals surface area contributed by atoms with Crippen LogP contribution in [0, 0.1) is 46.3 Å². The van der Waals surface area contributed by atoms with E-state index in [1.54, 1.807) is 0 Å². The van der Waals surface area contributed by atoms with Crippen LogP contribution in [0.15, 0.2) is 0 Å². The van der Waals surface area contributed by atoms with Crippen molar-refractivity contribution in [2.75, 3.05) is 0 Å². The van der Waals surface area contributed by atoms with Crippen LogP contribution in [-0.4, -0.2) is 6.29 Å². The molecule has 2 heteroatoms. The zero-order valence-electron chi connectivity index (χ0n) is 17.3. The quantitative estimate of drug-likeness (QED) is 0.284. The van der Waals surface area contributed by atoms with E-state index < -0.39 is 0 Å². The molecule has 148 valence electrons. The van der Waals surface area contributed by atoms with E-state index in [1.807, 2.05) is 0 Å². The van der Waals surface area contributed by atoms with Crippen molar-refractivity contribution in [3.05, 3.63) is 0 Å². The molecule has 0 aromatic carbocycles. The molecule has 0 N–H and O–H groups in total. The fourth-order valence-corrected chi connectivity index (χ4v) is 8.85. The molecule has 0 spiro atoms. The van der Waals surface area contributed by atoms with Crippen LogP contribution in [0.4, 0.5) is 0 Å². The Morgan fingerprint density at radius 3 is 2.58 bits per heavy atom. The predicted octanol–water partition coefficient (Wildman–Crippen LogP) is 5.46. The minimum atomic E-state index is 0.552. The highest BCUT2D eigenvalue weighted by molar-refractivity contribution is 5.49. The molecule has 0 heterocycles. The molecule has 4 saturated carbocycles. The minimum Gasteiger partial charge on any atom is -0.463 e. The average Bonchev–Trinajstić information content (AvgIpc) is 2.98. The maximum Gasteiger partial charge on any atom is 0.318 e. The molecule has 0 radical (unpaired) electrons. The first-order valence-corrected chi connectivity index (χ1v) is 11.6. The normalized spacial score (nSPS) is 49.4. The van der Waals surface area contributed by atoms with Crippen molar-refractivity contribution in [2.24, 2.45) is 46.3 Å². The molecule has 0 aromatic rings. The minimum absolute atomic E-state index is 0.552. The fourth-order valence-electron chi connectivity index (χ4n) is 8.85. The largest absolute Gasteiger partial charge is 0.463 e. The molecule has 1 unspecified atom stereocenters. The topological polar surface area (TPSA) is 34.4 Å². The van der Waals surface area contributed by atoms with Gasteiger partial charge in [-0.25, -0.2) is 0 Å². The van der Waals surface area contributed by atoms with Gasteiger partial charge in [0.2, 0.25) is 0 Å². The van der Waals surface area contributed by atoms with E-state index >= 15 is 0 Å². The summed E-state index contributed by atoms with van der Waals surface area (Å²) in [6, 6.07) is 0. The van der Waals surface area contributed by atoms with E-state index in [4.69, 9.17) is 0 Å². The van der Waals surface area contributed by atoms with Crippen molar-refractivity contribution in [2.45, 2.75) is 97.8 Å². The van der Waals surface area contributed by atoms with E-state index in [2.05, 4.69) is 25.3 Å². The molecule has 2 nitrogen and oxygen atoms in total. The molecule has 4 fully saturated rings. The third kappa shape index (κ3) is 2.85. The van der Waals surface area contributed by atoms with E-state index in [0.717, 1.165) is 48.3 Å². The van der Waals surface area contributed by atoms with Gasteiger partial charge in [-0.1, -0.05) is 33.6 Å².